The number of carbonyl (C=O) groups is 2. The summed E-state index contributed by atoms with van der Waals surface area (Å²) in [4.78, 5) is 20.6. The molecular weight excluding hydrogens is 257 g/mol. The molecule has 1 aromatic rings. The molecule has 0 amide bonds. The summed E-state index contributed by atoms with van der Waals surface area (Å²) in [6, 6.07) is 2.84. The minimum atomic E-state index is -1.88. The number of carboxylic acids is 2. The zero-order chi connectivity index (χ0) is 10.0. The molecule has 0 heterocycles. The van der Waals surface area contributed by atoms with Gasteiger partial charge >= 0.3 is 103 Å². The second-order valence-corrected chi connectivity index (χ2v) is 2.24. The van der Waals surface area contributed by atoms with Gasteiger partial charge in [0, 0.05) is 11.1 Å². The van der Waals surface area contributed by atoms with Crippen molar-refractivity contribution >= 4 is 11.9 Å². The number of hydrogen-bond donors (Lipinski definition) is 0. The molecule has 0 saturated heterocycles. The third-order valence-electron chi connectivity index (χ3n) is 1.44. The van der Waals surface area contributed by atoms with Crippen molar-refractivity contribution in [3.05, 3.63) is 35.1 Å². The Morgan fingerprint density at radius 1 is 1.07 bits per heavy atom. The van der Waals surface area contributed by atoms with E-state index in [0.29, 0.717) is 0 Å². The van der Waals surface area contributed by atoms with Crippen LogP contribution in [0.3, 0.4) is 0 Å². The second kappa shape index (κ2) is 8.45. The van der Waals surface area contributed by atoms with Crippen molar-refractivity contribution in [2.24, 2.45) is 0 Å². The van der Waals surface area contributed by atoms with E-state index in [2.05, 4.69) is 0 Å². The monoisotopic (exact) mass is 260 g/mol. The number of rotatable bonds is 2. The van der Waals surface area contributed by atoms with Gasteiger partial charge in [-0.3, -0.25) is 0 Å². The zero-order valence-electron chi connectivity index (χ0n) is 8.24. The van der Waals surface area contributed by atoms with Crippen LogP contribution in [0.25, 0.3) is 0 Å². The molecule has 15 heavy (non-hydrogen) atoms. The molecule has 0 aliphatic heterocycles. The van der Waals surface area contributed by atoms with Crippen LogP contribution in [0.15, 0.2) is 18.2 Å². The van der Waals surface area contributed by atoms with Crippen LogP contribution in [0.4, 0.5) is 4.39 Å². The molecule has 0 aliphatic carbocycles. The first-order chi connectivity index (χ1) is 6.04. The molecular formula is C8H3FK2O4. The summed E-state index contributed by atoms with van der Waals surface area (Å²) in [5, 5.41) is 20.6. The topological polar surface area (TPSA) is 80.3 Å². The van der Waals surface area contributed by atoms with Crippen molar-refractivity contribution in [3.63, 3.8) is 0 Å². The molecule has 0 atom stereocenters. The van der Waals surface area contributed by atoms with Gasteiger partial charge in [0.15, 0.2) is 0 Å². The fourth-order valence-corrected chi connectivity index (χ4v) is 0.902. The SMILES string of the molecule is O=C([O-])c1cccc(F)c1C(=O)[O-].[K+].[K+]. The summed E-state index contributed by atoms with van der Waals surface area (Å²) < 4.78 is 12.7. The molecule has 0 spiro atoms. The van der Waals surface area contributed by atoms with E-state index in [0.717, 1.165) is 18.2 Å². The van der Waals surface area contributed by atoms with E-state index < -0.39 is 28.9 Å². The number of hydrogen-bond acceptors (Lipinski definition) is 4. The van der Waals surface area contributed by atoms with Crippen LogP contribution in [0.5, 0.6) is 0 Å². The normalized spacial score (nSPS) is 8.33. The van der Waals surface area contributed by atoms with Gasteiger partial charge in [0.25, 0.3) is 0 Å². The largest absolute Gasteiger partial charge is 1.00 e. The molecule has 0 aromatic heterocycles. The van der Waals surface area contributed by atoms with Crippen LogP contribution in [-0.2, 0) is 0 Å². The predicted molar refractivity (Wildman–Crippen MR) is 35.1 cm³/mol. The number of carbonyl (C=O) groups excluding carboxylic acids is 2. The van der Waals surface area contributed by atoms with Crippen LogP contribution < -0.4 is 113 Å². The van der Waals surface area contributed by atoms with Crippen molar-refractivity contribution in [3.8, 4) is 0 Å². The minimum absolute atomic E-state index is 0. The summed E-state index contributed by atoms with van der Waals surface area (Å²) in [5.74, 6) is -4.78. The summed E-state index contributed by atoms with van der Waals surface area (Å²) in [6.45, 7) is 0. The van der Waals surface area contributed by atoms with Gasteiger partial charge in [0.05, 0.1) is 11.9 Å². The van der Waals surface area contributed by atoms with Crippen LogP contribution in [0.1, 0.15) is 20.7 Å². The molecule has 4 nitrogen and oxygen atoms in total. The Morgan fingerprint density at radius 2 is 1.60 bits per heavy atom. The summed E-state index contributed by atoms with van der Waals surface area (Å²) in [6.07, 6.45) is 0. The molecule has 0 bridgehead atoms. The van der Waals surface area contributed by atoms with Gasteiger partial charge in [0.2, 0.25) is 0 Å². The van der Waals surface area contributed by atoms with E-state index in [1.54, 1.807) is 0 Å². The third kappa shape index (κ3) is 5.03. The summed E-state index contributed by atoms with van der Waals surface area (Å²) >= 11 is 0. The van der Waals surface area contributed by atoms with Crippen LogP contribution in [0.2, 0.25) is 0 Å². The smallest absolute Gasteiger partial charge is 0.545 e. The minimum Gasteiger partial charge on any atom is -0.545 e. The van der Waals surface area contributed by atoms with Gasteiger partial charge in [-0.15, -0.1) is 0 Å². The average molecular weight is 260 g/mol. The molecule has 1 aromatic carbocycles. The number of aromatic carboxylic acids is 2. The standard InChI is InChI=1S/C8H5FO4.2K/c9-5-3-1-2-4(7(10)11)6(5)8(12)13;;/h1-3H,(H,10,11)(H,12,13);;/q;2*+1/p-2. The van der Waals surface area contributed by atoms with E-state index >= 15 is 0 Å². The third-order valence-corrected chi connectivity index (χ3v) is 1.44. The van der Waals surface area contributed by atoms with Crippen molar-refractivity contribution in [1.29, 1.82) is 0 Å². The fourth-order valence-electron chi connectivity index (χ4n) is 0.902. The Morgan fingerprint density at radius 3 is 1.93 bits per heavy atom. The number of halogens is 1. The van der Waals surface area contributed by atoms with Gasteiger partial charge in [-0.05, 0) is 6.07 Å². The van der Waals surface area contributed by atoms with E-state index in [4.69, 9.17) is 0 Å². The molecule has 0 fully saturated rings. The first kappa shape index (κ1) is 18.7. The molecule has 7 heteroatoms. The van der Waals surface area contributed by atoms with Crippen molar-refractivity contribution in [2.45, 2.75) is 0 Å². The molecule has 0 N–H and O–H groups in total. The Bertz CT molecular complexity index is 381. The van der Waals surface area contributed by atoms with Gasteiger partial charge in [0.1, 0.15) is 5.82 Å². The molecule has 0 radical (unpaired) electrons. The molecule has 0 saturated carbocycles. The maximum absolute atomic E-state index is 12.7. The van der Waals surface area contributed by atoms with Crippen molar-refractivity contribution < 1.29 is 127 Å². The Hall–Kier alpha value is 1.36. The predicted octanol–water partition coefficient (Wildman–Crippen LogP) is -7.44. The molecule has 1 rings (SSSR count). The Labute approximate surface area is 170 Å². The van der Waals surface area contributed by atoms with Gasteiger partial charge in [-0.2, -0.15) is 0 Å². The molecule has 0 aliphatic rings. The van der Waals surface area contributed by atoms with Crippen LogP contribution in [-0.4, -0.2) is 11.9 Å². The van der Waals surface area contributed by atoms with Gasteiger partial charge in [-0.1, -0.05) is 12.1 Å². The fraction of sp³-hybridized carbons (Fsp3) is 0. The van der Waals surface area contributed by atoms with Crippen molar-refractivity contribution in [1.82, 2.24) is 0 Å². The Balaban J connectivity index is 0. The average Bonchev–Trinajstić information content (AvgIpc) is 2.02. The van der Waals surface area contributed by atoms with E-state index in [-0.39, 0.29) is 103 Å². The maximum Gasteiger partial charge on any atom is 1.00 e. The van der Waals surface area contributed by atoms with Gasteiger partial charge < -0.3 is 19.8 Å². The number of carboxylic acid groups (broad SMARTS) is 2. The van der Waals surface area contributed by atoms with Gasteiger partial charge in [-0.25, -0.2) is 4.39 Å². The Kier molecular flexibility index (Phi) is 10.5. The molecule has 68 valence electrons. The first-order valence-electron chi connectivity index (χ1n) is 3.25. The summed E-state index contributed by atoms with van der Waals surface area (Å²) in [5.41, 5.74) is -1.71. The number of benzene rings is 1. The zero-order valence-corrected chi connectivity index (χ0v) is 14.5. The quantitative estimate of drug-likeness (QED) is 0.495. The second-order valence-electron chi connectivity index (χ2n) is 2.24. The van der Waals surface area contributed by atoms with Crippen molar-refractivity contribution in [2.75, 3.05) is 0 Å². The maximum atomic E-state index is 12.7. The summed E-state index contributed by atoms with van der Waals surface area (Å²) in [7, 11) is 0. The first-order valence-corrected chi connectivity index (χ1v) is 3.25. The van der Waals surface area contributed by atoms with E-state index in [9.17, 15) is 24.2 Å². The van der Waals surface area contributed by atoms with E-state index in [1.165, 1.54) is 0 Å². The van der Waals surface area contributed by atoms with Crippen LogP contribution >= 0.6 is 0 Å². The van der Waals surface area contributed by atoms with Crippen LogP contribution in [0, 0.1) is 5.82 Å². The van der Waals surface area contributed by atoms with E-state index in [1.807, 2.05) is 0 Å². The molecule has 0 unspecified atom stereocenters.